The summed E-state index contributed by atoms with van der Waals surface area (Å²) < 4.78 is 14.9. The first-order chi connectivity index (χ1) is 14.4. The summed E-state index contributed by atoms with van der Waals surface area (Å²) in [5, 5.41) is 1.01. The zero-order valence-corrected chi connectivity index (χ0v) is 17.0. The highest BCUT2D eigenvalue weighted by Crippen LogP contribution is 2.26. The summed E-state index contributed by atoms with van der Waals surface area (Å²) in [4.78, 5) is 33.9. The van der Waals surface area contributed by atoms with Crippen molar-refractivity contribution in [2.45, 2.75) is 13.0 Å². The molecule has 0 aliphatic carbocycles. The fourth-order valence-electron chi connectivity index (χ4n) is 3.21. The molecule has 0 spiro atoms. The van der Waals surface area contributed by atoms with Gasteiger partial charge in [-0.2, -0.15) is 0 Å². The van der Waals surface area contributed by atoms with Gasteiger partial charge in [0.25, 0.3) is 0 Å². The number of ketones is 2. The summed E-state index contributed by atoms with van der Waals surface area (Å²) in [6.07, 6.45) is 5.72. The number of carbonyl (C=O) groups excluding carboxylic acids is 2. The molecule has 4 rings (SSSR count). The Morgan fingerprint density at radius 1 is 1.03 bits per heavy atom. The van der Waals surface area contributed by atoms with Crippen LogP contribution >= 0.6 is 23.2 Å². The van der Waals surface area contributed by atoms with Crippen molar-refractivity contribution in [2.24, 2.45) is 0 Å². The number of carbonyl (C=O) groups is 2. The topological polar surface area (TPSA) is 64.8 Å². The molecule has 1 aromatic carbocycles. The standard InChI is InChI=1S/C22H14Cl2FN3O2/c23-18-9-26-10-19(24)16(18)8-20(29)21(30)17-12-28(22-15(17)2-1-7-27-22)11-13-3-5-14(25)6-4-13/h1-7,9-10,12H,8,11H2. The average molecular weight is 442 g/mol. The number of fused-ring (bicyclic) bond motifs is 1. The molecule has 0 amide bonds. The van der Waals surface area contributed by atoms with E-state index in [0.717, 1.165) is 5.56 Å². The number of hydrogen-bond acceptors (Lipinski definition) is 4. The van der Waals surface area contributed by atoms with Gasteiger partial charge in [0.2, 0.25) is 11.6 Å². The average Bonchev–Trinajstić information content (AvgIpc) is 3.10. The van der Waals surface area contributed by atoms with Crippen LogP contribution < -0.4 is 0 Å². The number of aromatic nitrogens is 3. The van der Waals surface area contributed by atoms with Crippen molar-refractivity contribution in [1.82, 2.24) is 14.5 Å². The number of pyridine rings is 2. The molecule has 0 unspecified atom stereocenters. The molecule has 5 nitrogen and oxygen atoms in total. The van der Waals surface area contributed by atoms with E-state index in [4.69, 9.17) is 23.2 Å². The Morgan fingerprint density at radius 3 is 2.43 bits per heavy atom. The molecule has 8 heteroatoms. The van der Waals surface area contributed by atoms with Crippen LogP contribution in [0, 0.1) is 5.82 Å². The maximum absolute atomic E-state index is 13.2. The lowest BCUT2D eigenvalue weighted by atomic mass is 10.0. The maximum Gasteiger partial charge on any atom is 0.231 e. The summed E-state index contributed by atoms with van der Waals surface area (Å²) in [6.45, 7) is 0.372. The summed E-state index contributed by atoms with van der Waals surface area (Å²) in [5.74, 6) is -1.63. The Bertz CT molecular complexity index is 1250. The number of benzene rings is 1. The lowest BCUT2D eigenvalue weighted by Crippen LogP contribution is -2.17. The first-order valence-corrected chi connectivity index (χ1v) is 9.73. The van der Waals surface area contributed by atoms with Gasteiger partial charge in [-0.15, -0.1) is 0 Å². The highest BCUT2D eigenvalue weighted by Gasteiger charge is 2.24. The monoisotopic (exact) mass is 441 g/mol. The van der Waals surface area contributed by atoms with E-state index in [-0.39, 0.29) is 27.8 Å². The number of nitrogens with zero attached hydrogens (tertiary/aromatic N) is 3. The molecule has 150 valence electrons. The van der Waals surface area contributed by atoms with Crippen LogP contribution in [0.25, 0.3) is 11.0 Å². The molecule has 30 heavy (non-hydrogen) atoms. The minimum absolute atomic E-state index is 0.226. The summed E-state index contributed by atoms with van der Waals surface area (Å²) in [5.41, 5.74) is 1.99. The van der Waals surface area contributed by atoms with Crippen LogP contribution in [0.4, 0.5) is 4.39 Å². The third-order valence-electron chi connectivity index (χ3n) is 4.69. The van der Waals surface area contributed by atoms with Crippen molar-refractivity contribution >= 4 is 45.8 Å². The van der Waals surface area contributed by atoms with E-state index >= 15 is 0 Å². The Labute approximate surface area is 181 Å². The van der Waals surface area contributed by atoms with Crippen LogP contribution in [-0.2, 0) is 17.8 Å². The van der Waals surface area contributed by atoms with E-state index in [2.05, 4.69) is 9.97 Å². The second-order valence-electron chi connectivity index (χ2n) is 6.68. The van der Waals surface area contributed by atoms with Gasteiger partial charge < -0.3 is 4.57 Å². The van der Waals surface area contributed by atoms with Gasteiger partial charge in [-0.3, -0.25) is 14.6 Å². The van der Waals surface area contributed by atoms with Gasteiger partial charge >= 0.3 is 0 Å². The van der Waals surface area contributed by atoms with Gasteiger partial charge in [0.15, 0.2) is 0 Å². The minimum Gasteiger partial charge on any atom is -0.327 e. The molecular formula is C22H14Cl2FN3O2. The van der Waals surface area contributed by atoms with Gasteiger partial charge in [0.05, 0.1) is 15.6 Å². The number of halogens is 3. The molecule has 0 atom stereocenters. The van der Waals surface area contributed by atoms with E-state index in [1.807, 2.05) is 0 Å². The highest BCUT2D eigenvalue weighted by molar-refractivity contribution is 6.47. The normalized spacial score (nSPS) is 11.0. The number of hydrogen-bond donors (Lipinski definition) is 0. The van der Waals surface area contributed by atoms with Crippen LogP contribution in [0.15, 0.2) is 61.2 Å². The van der Waals surface area contributed by atoms with Gasteiger partial charge in [0, 0.05) is 48.7 Å². The van der Waals surface area contributed by atoms with Crippen molar-refractivity contribution in [3.63, 3.8) is 0 Å². The smallest absolute Gasteiger partial charge is 0.231 e. The molecule has 0 aliphatic heterocycles. The first kappa shape index (κ1) is 20.2. The quantitative estimate of drug-likeness (QED) is 0.314. The van der Waals surface area contributed by atoms with E-state index in [9.17, 15) is 14.0 Å². The van der Waals surface area contributed by atoms with Crippen molar-refractivity contribution in [1.29, 1.82) is 0 Å². The predicted octanol–water partition coefficient (Wildman–Crippen LogP) is 4.92. The molecule has 0 bridgehead atoms. The van der Waals surface area contributed by atoms with Crippen LogP contribution in [-0.4, -0.2) is 26.1 Å². The first-order valence-electron chi connectivity index (χ1n) is 8.97. The largest absolute Gasteiger partial charge is 0.327 e. The van der Waals surface area contributed by atoms with Gasteiger partial charge in [-0.25, -0.2) is 9.37 Å². The van der Waals surface area contributed by atoms with Gasteiger partial charge in [-0.05, 0) is 29.8 Å². The van der Waals surface area contributed by atoms with Crippen molar-refractivity contribution in [2.75, 3.05) is 0 Å². The molecule has 0 fully saturated rings. The summed E-state index contributed by atoms with van der Waals surface area (Å²) in [7, 11) is 0. The lowest BCUT2D eigenvalue weighted by Gasteiger charge is -2.05. The van der Waals surface area contributed by atoms with E-state index in [1.165, 1.54) is 24.5 Å². The molecule has 0 N–H and O–H groups in total. The molecular weight excluding hydrogens is 428 g/mol. The lowest BCUT2D eigenvalue weighted by molar-refractivity contribution is -0.114. The molecule has 0 aliphatic rings. The molecule has 3 heterocycles. The summed E-state index contributed by atoms with van der Waals surface area (Å²) in [6, 6.07) is 9.48. The molecule has 4 aromatic rings. The second kappa shape index (κ2) is 8.34. The van der Waals surface area contributed by atoms with Crippen LogP contribution in [0.5, 0.6) is 0 Å². The number of rotatable bonds is 6. The van der Waals surface area contributed by atoms with Crippen LogP contribution in [0.3, 0.4) is 0 Å². The number of Topliss-reactive ketones (excluding diaryl/α,β-unsaturated/α-hetero) is 2. The van der Waals surface area contributed by atoms with Gasteiger partial charge in [-0.1, -0.05) is 35.3 Å². The zero-order chi connectivity index (χ0) is 21.3. The fraction of sp³-hybridized carbons (Fsp3) is 0.0909. The SMILES string of the molecule is O=C(Cc1c(Cl)cncc1Cl)C(=O)c1cn(Cc2ccc(F)cc2)c2ncccc12. The predicted molar refractivity (Wildman–Crippen MR) is 113 cm³/mol. The van der Waals surface area contributed by atoms with Crippen molar-refractivity contribution in [3.05, 3.63) is 93.7 Å². The minimum atomic E-state index is -0.658. The third kappa shape index (κ3) is 3.97. The Morgan fingerprint density at radius 2 is 1.73 bits per heavy atom. The van der Waals surface area contributed by atoms with Crippen LogP contribution in [0.1, 0.15) is 21.5 Å². The van der Waals surface area contributed by atoms with Gasteiger partial charge in [0.1, 0.15) is 11.5 Å². The zero-order valence-electron chi connectivity index (χ0n) is 15.5. The summed E-state index contributed by atoms with van der Waals surface area (Å²) >= 11 is 12.1. The molecule has 0 saturated heterocycles. The van der Waals surface area contributed by atoms with E-state index in [0.29, 0.717) is 23.1 Å². The fourth-order valence-corrected chi connectivity index (χ4v) is 3.71. The Balaban J connectivity index is 1.67. The van der Waals surface area contributed by atoms with E-state index in [1.54, 1.807) is 41.2 Å². The van der Waals surface area contributed by atoms with Crippen molar-refractivity contribution in [3.8, 4) is 0 Å². The maximum atomic E-state index is 13.2. The highest BCUT2D eigenvalue weighted by atomic mass is 35.5. The Kier molecular flexibility index (Phi) is 5.61. The third-order valence-corrected chi connectivity index (χ3v) is 5.34. The molecule has 0 saturated carbocycles. The molecule has 0 radical (unpaired) electrons. The van der Waals surface area contributed by atoms with Crippen LogP contribution in [0.2, 0.25) is 10.0 Å². The second-order valence-corrected chi connectivity index (χ2v) is 7.50. The Hall–Kier alpha value is -3.09. The van der Waals surface area contributed by atoms with Crippen molar-refractivity contribution < 1.29 is 14.0 Å². The molecule has 3 aromatic heterocycles. The van der Waals surface area contributed by atoms with E-state index < -0.39 is 11.6 Å².